The third-order valence-electron chi connectivity index (χ3n) is 6.51. The van der Waals surface area contributed by atoms with Gasteiger partial charge in [-0.1, -0.05) is 66.2 Å². The summed E-state index contributed by atoms with van der Waals surface area (Å²) in [7, 11) is 0. The van der Waals surface area contributed by atoms with Crippen molar-refractivity contribution in [3.8, 4) is 0 Å². The van der Waals surface area contributed by atoms with Gasteiger partial charge >= 0.3 is 0 Å². The third-order valence-corrected chi connectivity index (χ3v) is 6.76. The van der Waals surface area contributed by atoms with E-state index in [2.05, 4.69) is 29.2 Å². The van der Waals surface area contributed by atoms with Crippen molar-refractivity contribution in [3.63, 3.8) is 0 Å². The summed E-state index contributed by atoms with van der Waals surface area (Å²) < 4.78 is 13.4. The number of rotatable bonds is 7. The van der Waals surface area contributed by atoms with Gasteiger partial charge in [0.2, 0.25) is 0 Å². The van der Waals surface area contributed by atoms with Gasteiger partial charge in [0.15, 0.2) is 0 Å². The smallest absolute Gasteiger partial charge is 0.123 e. The quantitative estimate of drug-likeness (QED) is 0.464. The van der Waals surface area contributed by atoms with Gasteiger partial charge in [-0.2, -0.15) is 0 Å². The van der Waals surface area contributed by atoms with Crippen molar-refractivity contribution >= 4 is 11.6 Å². The Morgan fingerprint density at radius 1 is 0.871 bits per heavy atom. The zero-order valence-corrected chi connectivity index (χ0v) is 18.4. The first kappa shape index (κ1) is 22.0. The molecule has 0 saturated carbocycles. The summed E-state index contributed by atoms with van der Waals surface area (Å²) in [6.45, 7) is 2.76. The molecule has 4 heteroatoms. The molecule has 1 saturated heterocycles. The summed E-state index contributed by atoms with van der Waals surface area (Å²) in [6.07, 6.45) is 3.52. The van der Waals surface area contributed by atoms with E-state index in [0.29, 0.717) is 5.02 Å². The van der Waals surface area contributed by atoms with Crippen molar-refractivity contribution in [1.82, 2.24) is 4.90 Å². The maximum absolute atomic E-state index is 13.4. The molecule has 1 aliphatic rings. The van der Waals surface area contributed by atoms with Gasteiger partial charge in [-0.3, -0.25) is 0 Å². The lowest BCUT2D eigenvalue weighted by molar-refractivity contribution is -0.0261. The average Bonchev–Trinajstić information content (AvgIpc) is 2.80. The van der Waals surface area contributed by atoms with Crippen molar-refractivity contribution < 1.29 is 9.50 Å². The summed E-state index contributed by atoms with van der Waals surface area (Å²) in [5.41, 5.74) is 2.62. The molecule has 1 atom stereocenters. The highest BCUT2D eigenvalue weighted by Gasteiger charge is 2.33. The minimum Gasteiger partial charge on any atom is -0.385 e. The molecule has 0 bridgehead atoms. The summed E-state index contributed by atoms with van der Waals surface area (Å²) in [5, 5.41) is 11.8. The Labute approximate surface area is 189 Å². The highest BCUT2D eigenvalue weighted by atomic mass is 35.5. The van der Waals surface area contributed by atoms with Crippen LogP contribution < -0.4 is 0 Å². The summed E-state index contributed by atoms with van der Waals surface area (Å²) in [6, 6.07) is 24.9. The Balaban J connectivity index is 1.34. The molecule has 3 aromatic carbocycles. The molecule has 1 heterocycles. The van der Waals surface area contributed by atoms with E-state index in [1.807, 2.05) is 42.5 Å². The highest BCUT2D eigenvalue weighted by molar-refractivity contribution is 6.30. The summed E-state index contributed by atoms with van der Waals surface area (Å²) >= 11 is 5.99. The molecule has 3 aromatic rings. The number of benzene rings is 3. The molecule has 0 spiro atoms. The largest absolute Gasteiger partial charge is 0.385 e. The molecule has 1 aliphatic heterocycles. The normalized spacial score (nSPS) is 17.4. The zero-order valence-electron chi connectivity index (χ0n) is 17.7. The molecule has 0 radical (unpaired) electrons. The van der Waals surface area contributed by atoms with Gasteiger partial charge < -0.3 is 10.0 Å². The second kappa shape index (κ2) is 9.95. The Bertz CT molecular complexity index is 951. The van der Waals surface area contributed by atoms with Crippen LogP contribution in [0.25, 0.3) is 0 Å². The van der Waals surface area contributed by atoms with Gasteiger partial charge in [-0.25, -0.2) is 4.39 Å². The van der Waals surface area contributed by atoms with Crippen LogP contribution in [0.3, 0.4) is 0 Å². The van der Waals surface area contributed by atoms with Crippen LogP contribution in [-0.2, 0) is 5.60 Å². The van der Waals surface area contributed by atoms with E-state index >= 15 is 0 Å². The van der Waals surface area contributed by atoms with E-state index in [-0.39, 0.29) is 11.7 Å². The fourth-order valence-electron chi connectivity index (χ4n) is 4.62. The predicted molar refractivity (Wildman–Crippen MR) is 125 cm³/mol. The second-order valence-electron chi connectivity index (χ2n) is 8.54. The Morgan fingerprint density at radius 3 is 2.13 bits per heavy atom. The van der Waals surface area contributed by atoms with Crippen molar-refractivity contribution in [1.29, 1.82) is 0 Å². The number of hydrogen-bond acceptors (Lipinski definition) is 2. The number of nitrogens with zero attached hydrogens (tertiary/aromatic N) is 1. The molecule has 4 rings (SSSR count). The van der Waals surface area contributed by atoms with Gasteiger partial charge in [0.05, 0.1) is 5.60 Å². The van der Waals surface area contributed by atoms with E-state index in [4.69, 9.17) is 11.6 Å². The number of piperidine rings is 1. The molecule has 0 aliphatic carbocycles. The first-order valence-corrected chi connectivity index (χ1v) is 11.4. The van der Waals surface area contributed by atoms with Crippen LogP contribution in [0.1, 0.15) is 48.3 Å². The van der Waals surface area contributed by atoms with Gasteiger partial charge in [-0.05, 0) is 73.2 Å². The van der Waals surface area contributed by atoms with Crippen LogP contribution in [0.15, 0.2) is 78.9 Å². The summed E-state index contributed by atoms with van der Waals surface area (Å²) in [5.74, 6) is 0.0645. The fourth-order valence-corrected chi connectivity index (χ4v) is 4.75. The van der Waals surface area contributed by atoms with Crippen molar-refractivity contribution in [2.24, 2.45) is 0 Å². The van der Waals surface area contributed by atoms with Crippen LogP contribution in [0.2, 0.25) is 5.02 Å². The van der Waals surface area contributed by atoms with Crippen molar-refractivity contribution in [2.75, 3.05) is 19.6 Å². The lowest BCUT2D eigenvalue weighted by atomic mass is 9.84. The van der Waals surface area contributed by atoms with Gasteiger partial charge in [-0.15, -0.1) is 0 Å². The number of halogens is 2. The first-order chi connectivity index (χ1) is 15.0. The topological polar surface area (TPSA) is 23.5 Å². The van der Waals surface area contributed by atoms with E-state index < -0.39 is 5.60 Å². The minimum atomic E-state index is -0.762. The highest BCUT2D eigenvalue weighted by Crippen LogP contribution is 2.34. The van der Waals surface area contributed by atoms with E-state index in [0.717, 1.165) is 56.4 Å². The van der Waals surface area contributed by atoms with Crippen LogP contribution >= 0.6 is 11.6 Å². The Morgan fingerprint density at radius 2 is 1.48 bits per heavy atom. The number of hydrogen-bond donors (Lipinski definition) is 1. The molecule has 0 aromatic heterocycles. The molecule has 1 fully saturated rings. The standard InChI is InChI=1S/C27H29ClFNO/c28-24-12-10-23(11-13-24)27(31)16-19-30(20-17-27)18-4-7-26(21-5-2-1-3-6-21)22-8-14-25(29)15-9-22/h1-3,5-6,8-15,26,31H,4,7,16-20H2. The third kappa shape index (κ3) is 5.54. The van der Waals surface area contributed by atoms with Gasteiger partial charge in [0, 0.05) is 24.0 Å². The predicted octanol–water partition coefficient (Wildman–Crippen LogP) is 6.37. The fraction of sp³-hybridized carbons (Fsp3) is 0.333. The first-order valence-electron chi connectivity index (χ1n) is 11.0. The van der Waals surface area contributed by atoms with Gasteiger partial charge in [0.25, 0.3) is 0 Å². The van der Waals surface area contributed by atoms with E-state index in [1.165, 1.54) is 5.56 Å². The molecule has 0 amide bonds. The second-order valence-corrected chi connectivity index (χ2v) is 8.97. The lowest BCUT2D eigenvalue weighted by Crippen LogP contribution is -2.42. The maximum atomic E-state index is 13.4. The zero-order chi connectivity index (χ0) is 21.7. The maximum Gasteiger partial charge on any atom is 0.123 e. The lowest BCUT2D eigenvalue weighted by Gasteiger charge is -2.38. The molecular weight excluding hydrogens is 409 g/mol. The van der Waals surface area contributed by atoms with Crippen LogP contribution in [0.5, 0.6) is 0 Å². The molecule has 31 heavy (non-hydrogen) atoms. The molecular formula is C27H29ClFNO. The number of likely N-dealkylation sites (tertiary alicyclic amines) is 1. The Hall–Kier alpha value is -2.20. The van der Waals surface area contributed by atoms with Crippen LogP contribution in [-0.4, -0.2) is 29.6 Å². The van der Waals surface area contributed by atoms with Gasteiger partial charge in [0.1, 0.15) is 5.82 Å². The number of aliphatic hydroxyl groups is 1. The average molecular weight is 438 g/mol. The minimum absolute atomic E-state index is 0.197. The molecule has 2 nitrogen and oxygen atoms in total. The molecule has 1 unspecified atom stereocenters. The van der Waals surface area contributed by atoms with Crippen LogP contribution in [0.4, 0.5) is 4.39 Å². The van der Waals surface area contributed by atoms with E-state index in [9.17, 15) is 9.50 Å². The SMILES string of the molecule is OC1(c2ccc(Cl)cc2)CCN(CCCC(c2ccccc2)c2ccc(F)cc2)CC1. The molecule has 1 N–H and O–H groups in total. The Kier molecular flexibility index (Phi) is 7.06. The summed E-state index contributed by atoms with van der Waals surface area (Å²) in [4.78, 5) is 2.44. The van der Waals surface area contributed by atoms with Crippen molar-refractivity contribution in [2.45, 2.75) is 37.2 Å². The van der Waals surface area contributed by atoms with Crippen molar-refractivity contribution in [3.05, 3.63) is 106 Å². The van der Waals surface area contributed by atoms with E-state index in [1.54, 1.807) is 12.1 Å². The van der Waals surface area contributed by atoms with Crippen LogP contribution in [0, 0.1) is 5.82 Å². The molecule has 162 valence electrons. The monoisotopic (exact) mass is 437 g/mol.